The van der Waals surface area contributed by atoms with E-state index in [1.165, 1.54) is 67.1 Å². The predicted octanol–water partition coefficient (Wildman–Crippen LogP) is -5.18. The molecular weight excluding hydrogens is 1720 g/mol. The van der Waals surface area contributed by atoms with Gasteiger partial charge in [-0.05, 0) is 89.9 Å². The second-order valence-corrected chi connectivity index (χ2v) is 30.1. The van der Waals surface area contributed by atoms with Gasteiger partial charge >= 0.3 is 28.4 Å². The van der Waals surface area contributed by atoms with Crippen LogP contribution >= 0.6 is 0 Å². The van der Waals surface area contributed by atoms with Crippen molar-refractivity contribution in [3.63, 3.8) is 0 Å². The maximum atomic E-state index is 13.7. The lowest BCUT2D eigenvalue weighted by Crippen LogP contribution is -2.43. The first kappa shape index (κ1) is 98.0. The van der Waals surface area contributed by atoms with Crippen LogP contribution < -0.4 is 56.2 Å². The minimum Gasteiger partial charge on any atom is -0.394 e. The summed E-state index contributed by atoms with van der Waals surface area (Å²) in [5, 5.41) is 145. The maximum absolute atomic E-state index is 13.7. The summed E-state index contributed by atoms with van der Waals surface area (Å²) in [5.41, 5.74) is -3.84. The fourth-order valence-corrected chi connectivity index (χ4v) is 14.6. The Morgan fingerprint density at radius 3 is 0.868 bits per heavy atom. The van der Waals surface area contributed by atoms with Crippen LogP contribution in [0.25, 0.3) is 0 Å². The lowest BCUT2D eigenvalue weighted by atomic mass is 10.1. The molecule has 15 N–H and O–H groups in total. The van der Waals surface area contributed by atoms with Crippen molar-refractivity contribution >= 4 is 0 Å². The number of rotatable bonds is 24. The Balaban J connectivity index is 0.000000156. The Kier molecular flexibility index (Phi) is 33.5. The highest BCUT2D eigenvalue weighted by Crippen LogP contribution is 2.33. The minimum atomic E-state index is -1.49. The highest BCUT2D eigenvalue weighted by Gasteiger charge is 2.48. The highest BCUT2D eigenvalue weighted by molar-refractivity contribution is 5.22. The van der Waals surface area contributed by atoms with Gasteiger partial charge in [-0.2, -0.15) is 0 Å². The molecular formula is C84H93F5N10O30. The fourth-order valence-electron chi connectivity index (χ4n) is 14.6. The molecule has 5 fully saturated rings. The van der Waals surface area contributed by atoms with Crippen molar-refractivity contribution in [1.82, 2.24) is 45.7 Å². The van der Waals surface area contributed by atoms with Gasteiger partial charge in [0.2, 0.25) is 0 Å². The van der Waals surface area contributed by atoms with Crippen LogP contribution in [-0.2, 0) is 82.1 Å². The molecule has 10 aromatic rings. The second-order valence-electron chi connectivity index (χ2n) is 30.1. The van der Waals surface area contributed by atoms with E-state index >= 15 is 0 Å². The molecule has 5 aliphatic heterocycles. The molecule has 0 spiro atoms. The minimum absolute atomic E-state index is 0.0107. The highest BCUT2D eigenvalue weighted by atomic mass is 19.1. The number of hydrogen-bond donors (Lipinski definition) is 15. The Morgan fingerprint density at radius 1 is 0.256 bits per heavy atom. The third-order valence-corrected chi connectivity index (χ3v) is 21.9. The van der Waals surface area contributed by atoms with Gasteiger partial charge in [0.25, 0.3) is 27.8 Å². The predicted molar refractivity (Wildman–Crippen MR) is 436 cm³/mol. The van der Waals surface area contributed by atoms with Crippen LogP contribution in [0.1, 0.15) is 59.0 Å². The zero-order valence-corrected chi connectivity index (χ0v) is 68.0. The van der Waals surface area contributed by atoms with Crippen molar-refractivity contribution in [2.24, 2.45) is 0 Å². The van der Waals surface area contributed by atoms with Crippen molar-refractivity contribution in [1.29, 1.82) is 0 Å². The Hall–Kier alpha value is -11.7. The van der Waals surface area contributed by atoms with Gasteiger partial charge < -0.3 is 100 Å². The number of aromatic nitrogens is 10. The van der Waals surface area contributed by atoms with Crippen molar-refractivity contribution in [2.75, 3.05) is 33.0 Å². The molecule has 10 heterocycles. The summed E-state index contributed by atoms with van der Waals surface area (Å²) < 4.78 is 103. The summed E-state index contributed by atoms with van der Waals surface area (Å²) in [6, 6.07) is 35.3. The van der Waals surface area contributed by atoms with Gasteiger partial charge in [0.15, 0.2) is 31.1 Å². The lowest BCUT2D eigenvalue weighted by Gasteiger charge is -2.18. The van der Waals surface area contributed by atoms with Crippen LogP contribution in [0.5, 0.6) is 0 Å². The van der Waals surface area contributed by atoms with E-state index in [0.717, 1.165) is 99.5 Å². The average Bonchev–Trinajstić information content (AvgIpc) is 1.67. The van der Waals surface area contributed by atoms with E-state index in [1.807, 2.05) is 6.07 Å². The normalized spacial score (nSPS) is 25.6. The zero-order valence-electron chi connectivity index (χ0n) is 68.0. The molecule has 15 rings (SSSR count). The lowest BCUT2D eigenvalue weighted by molar-refractivity contribution is -0.0556. The first-order valence-electron chi connectivity index (χ1n) is 40.1. The fraction of sp³-hybridized carbons (Fsp3) is 0.405. The first-order chi connectivity index (χ1) is 61.6. The standard InChI is InChI=1S/C17H18F2N2O6.3C17H19FN2O6.C16H18N2O6/c18-10-2-1-9(11(19)7-10)3-5-20-13(23)4-6-21(17(20)26)16-15(25)14(24)12(8-22)27-16;18-11-3-1-10(2-4-11)5-7-19-13(22)6-8-20(17(19)25)16-15(24)14(23)12(9-21)26-16;18-11-3-1-2-10(8-11)4-6-19-13(22)5-7-20(17(19)25)16-15(24)14(23)12(9-21)26-16;18-11-4-2-1-3-10(11)5-7-19-13(22)6-8-20(17(19)25)16-15(24)14(23)12(9-21)26-16;19-9-11-13(21)14(22)15(24-11)17-7-6-12(20)18(16(17)23)8-10-4-2-1-3-5-10/h1-2,4,6-7,12,14-16,22,24-25H,3,5,8H2;1-4,6,8,12,14-16,21,23-24H,5,7,9H2;1-3,5,7-8,12,14-16,21,23-24H,4,6,9H2;1-4,6,8,12,14-16,21,23-24H,5,7,9H2;1-7,11,13-15,19,21-22H,8-9H2/t4*12-,14+,15?,16-;11-,13+,14?,15-/m11111/s1. The van der Waals surface area contributed by atoms with Gasteiger partial charge in [0, 0.05) is 93.6 Å². The van der Waals surface area contributed by atoms with E-state index in [9.17, 15) is 121 Å². The quantitative estimate of drug-likeness (QED) is 0.0252. The summed E-state index contributed by atoms with van der Waals surface area (Å²) in [7, 11) is 0. The monoisotopic (exact) mass is 1820 g/mol. The number of hydrogen-bond acceptors (Lipinski definition) is 30. The van der Waals surface area contributed by atoms with Crippen molar-refractivity contribution in [3.05, 3.63) is 344 Å². The molecule has 129 heavy (non-hydrogen) atoms. The molecule has 5 aromatic heterocycles. The average molecular weight is 1820 g/mol. The zero-order chi connectivity index (χ0) is 93.5. The summed E-state index contributed by atoms with van der Waals surface area (Å²) >= 11 is 0. The van der Waals surface area contributed by atoms with Crippen molar-refractivity contribution in [2.45, 2.75) is 181 Å². The molecule has 40 nitrogen and oxygen atoms in total. The van der Waals surface area contributed by atoms with E-state index in [4.69, 9.17) is 49.2 Å². The number of aliphatic hydroxyl groups is 15. The first-order valence-corrected chi connectivity index (χ1v) is 40.1. The second kappa shape index (κ2) is 44.1. The van der Waals surface area contributed by atoms with E-state index < -0.39 is 235 Å². The Bertz CT molecular complexity index is 6130. The molecule has 20 atom stereocenters. The third kappa shape index (κ3) is 22.6. The topological polar surface area (TPSA) is 570 Å². The molecule has 694 valence electrons. The number of halogens is 5. The Labute approximate surface area is 723 Å². The number of aryl methyl sites for hydroxylation is 4. The molecule has 45 heteroatoms. The summed E-state index contributed by atoms with van der Waals surface area (Å²) in [5.74, 6) is -2.74. The summed E-state index contributed by atoms with van der Waals surface area (Å²) in [4.78, 5) is 123. The molecule has 5 aromatic carbocycles. The van der Waals surface area contributed by atoms with E-state index in [0.29, 0.717) is 23.6 Å². The van der Waals surface area contributed by atoms with Gasteiger partial charge in [-0.1, -0.05) is 78.9 Å². The summed E-state index contributed by atoms with van der Waals surface area (Å²) in [6.45, 7) is -2.74. The van der Waals surface area contributed by atoms with Crippen LogP contribution in [-0.4, -0.2) is 247 Å². The van der Waals surface area contributed by atoms with Crippen LogP contribution in [0.15, 0.2) is 231 Å². The molecule has 0 radical (unpaired) electrons. The van der Waals surface area contributed by atoms with Crippen LogP contribution in [0.4, 0.5) is 22.0 Å². The van der Waals surface area contributed by atoms with E-state index in [2.05, 4.69) is 0 Å². The van der Waals surface area contributed by atoms with Crippen LogP contribution in [0, 0.1) is 29.1 Å². The molecule has 0 saturated carbocycles. The van der Waals surface area contributed by atoms with Gasteiger partial charge in [-0.15, -0.1) is 0 Å². The smallest absolute Gasteiger partial charge is 0.333 e. The van der Waals surface area contributed by atoms with Crippen LogP contribution in [0.2, 0.25) is 0 Å². The van der Waals surface area contributed by atoms with Crippen molar-refractivity contribution < 1.29 is 122 Å². The maximum Gasteiger partial charge on any atom is 0.333 e. The molecule has 0 bridgehead atoms. The number of aliphatic hydroxyl groups excluding tert-OH is 15. The molecule has 5 aliphatic rings. The van der Waals surface area contributed by atoms with Gasteiger partial charge in [-0.25, -0.2) is 45.9 Å². The van der Waals surface area contributed by atoms with Crippen LogP contribution in [0.3, 0.4) is 0 Å². The Morgan fingerprint density at radius 2 is 0.543 bits per heavy atom. The molecule has 0 amide bonds. The van der Waals surface area contributed by atoms with Crippen molar-refractivity contribution in [3.8, 4) is 0 Å². The van der Waals surface area contributed by atoms with Gasteiger partial charge in [0.1, 0.15) is 121 Å². The SMILES string of the molecule is O=c1ccn([C@@H]2O[C@H](CO)[C@H](O)C2O)c(=O)n1CCc1ccc(F)cc1.O=c1ccn([C@@H]2O[C@H](CO)[C@H](O)C2O)c(=O)n1CCc1ccc(F)cc1F.O=c1ccn([C@@H]2O[C@H](CO)[C@H](O)C2O)c(=O)n1CCc1cccc(F)c1.O=c1ccn([C@@H]2O[C@H](CO)[C@H](O)C2O)c(=O)n1CCc1ccccc1F.O=c1ccn([C@@H]2O[C@H](CO)[C@H](O)C2O)c(=O)n1Cc1ccccc1. The van der Waals surface area contributed by atoms with E-state index in [-0.39, 0.29) is 63.4 Å². The van der Waals surface area contributed by atoms with Gasteiger partial charge in [0.05, 0.1) is 39.6 Å². The number of nitrogens with zero attached hydrogens (tertiary/aromatic N) is 10. The van der Waals surface area contributed by atoms with E-state index in [1.54, 1.807) is 60.7 Å². The summed E-state index contributed by atoms with van der Waals surface area (Å²) in [6.07, 6.45) is -18.8. The number of benzene rings is 5. The van der Waals surface area contributed by atoms with Gasteiger partial charge in [-0.3, -0.25) is 69.6 Å². The molecule has 0 aliphatic carbocycles. The molecule has 5 unspecified atom stereocenters. The number of ether oxygens (including phenoxy) is 5. The largest absolute Gasteiger partial charge is 0.394 e. The third-order valence-electron chi connectivity index (χ3n) is 21.9. The molecule has 5 saturated heterocycles.